The molecule has 0 aliphatic carbocycles. The third-order valence-corrected chi connectivity index (χ3v) is 4.01. The Morgan fingerprint density at radius 2 is 1.58 bits per heavy atom. The molecule has 0 fully saturated rings. The monoisotopic (exact) mass is 318 g/mol. The average molecular weight is 318 g/mol. The number of hydrogen-bond donors (Lipinski definition) is 0. The maximum atomic E-state index is 12.3. The number of nitrogens with zero attached hydrogens (tertiary/aromatic N) is 4. The van der Waals surface area contributed by atoms with E-state index in [1.54, 1.807) is 36.8 Å². The van der Waals surface area contributed by atoms with Crippen LogP contribution in [-0.2, 0) is 6.54 Å². The molecule has 1 aliphatic heterocycles. The standard InChI is InChI=1S/C18H14N4O2/c23-17-13-6-1-2-7-14(13)18(24)22(17)11-4-3-10-21-12-20-15-8-5-9-19-16(15)21/h1-9,12H,10-11H2. The normalized spacial score (nSPS) is 14.1. The van der Waals surface area contributed by atoms with Gasteiger partial charge in [0.2, 0.25) is 0 Å². The minimum Gasteiger partial charge on any atom is -0.311 e. The van der Waals surface area contributed by atoms with E-state index in [0.29, 0.717) is 17.7 Å². The van der Waals surface area contributed by atoms with Crippen LogP contribution in [0.15, 0.2) is 61.1 Å². The summed E-state index contributed by atoms with van der Waals surface area (Å²) < 4.78 is 1.91. The third kappa shape index (κ3) is 2.28. The van der Waals surface area contributed by atoms with Gasteiger partial charge in [0, 0.05) is 19.3 Å². The van der Waals surface area contributed by atoms with Crippen LogP contribution >= 0.6 is 0 Å². The smallest absolute Gasteiger partial charge is 0.261 e. The minimum absolute atomic E-state index is 0.241. The minimum atomic E-state index is -0.241. The quantitative estimate of drug-likeness (QED) is 0.547. The molecule has 6 nitrogen and oxygen atoms in total. The summed E-state index contributed by atoms with van der Waals surface area (Å²) in [5.41, 5.74) is 2.59. The van der Waals surface area contributed by atoms with Gasteiger partial charge in [-0.3, -0.25) is 14.5 Å². The lowest BCUT2D eigenvalue weighted by Gasteiger charge is -2.10. The Morgan fingerprint density at radius 1 is 0.875 bits per heavy atom. The van der Waals surface area contributed by atoms with Crippen molar-refractivity contribution in [2.45, 2.75) is 6.54 Å². The summed E-state index contributed by atoms with van der Waals surface area (Å²) >= 11 is 0. The molecule has 0 N–H and O–H groups in total. The number of hydrogen-bond acceptors (Lipinski definition) is 4. The largest absolute Gasteiger partial charge is 0.311 e. The molecule has 0 atom stereocenters. The van der Waals surface area contributed by atoms with Crippen LogP contribution < -0.4 is 0 Å². The van der Waals surface area contributed by atoms with E-state index in [0.717, 1.165) is 11.2 Å². The molecular weight excluding hydrogens is 304 g/mol. The molecule has 0 saturated heterocycles. The first-order valence-corrected chi connectivity index (χ1v) is 7.62. The second-order valence-electron chi connectivity index (χ2n) is 5.48. The molecular formula is C18H14N4O2. The Bertz CT molecular complexity index is 939. The Balaban J connectivity index is 1.45. The molecule has 0 saturated carbocycles. The van der Waals surface area contributed by atoms with Crippen LogP contribution in [0.5, 0.6) is 0 Å². The van der Waals surface area contributed by atoms with Crippen LogP contribution in [0, 0.1) is 0 Å². The van der Waals surface area contributed by atoms with Gasteiger partial charge in [0.15, 0.2) is 5.65 Å². The first-order valence-electron chi connectivity index (χ1n) is 7.62. The molecule has 0 unspecified atom stereocenters. The fourth-order valence-corrected chi connectivity index (χ4v) is 2.80. The average Bonchev–Trinajstić information content (AvgIpc) is 3.13. The van der Waals surface area contributed by atoms with Crippen molar-refractivity contribution in [2.75, 3.05) is 6.54 Å². The number of amides is 2. The fraction of sp³-hybridized carbons (Fsp3) is 0.111. The number of carbonyl (C=O) groups is 2. The van der Waals surface area contributed by atoms with Gasteiger partial charge in [-0.05, 0) is 24.3 Å². The highest BCUT2D eigenvalue weighted by Gasteiger charge is 2.33. The van der Waals surface area contributed by atoms with Crippen molar-refractivity contribution < 1.29 is 9.59 Å². The molecule has 6 heteroatoms. The SMILES string of the molecule is O=C1c2ccccc2C(=O)N1CC=CCn1cnc2cccnc21. The number of carbonyl (C=O) groups excluding carboxylic acids is 2. The molecule has 3 aromatic rings. The van der Waals surface area contributed by atoms with Gasteiger partial charge in [0.05, 0.1) is 17.5 Å². The molecule has 1 aromatic carbocycles. The highest BCUT2D eigenvalue weighted by atomic mass is 16.2. The van der Waals surface area contributed by atoms with E-state index in [1.807, 2.05) is 28.9 Å². The molecule has 24 heavy (non-hydrogen) atoms. The van der Waals surface area contributed by atoms with Crippen LogP contribution in [0.25, 0.3) is 11.2 Å². The summed E-state index contributed by atoms with van der Waals surface area (Å²) in [6.45, 7) is 0.836. The maximum Gasteiger partial charge on any atom is 0.261 e. The zero-order valence-corrected chi connectivity index (χ0v) is 12.8. The molecule has 3 heterocycles. The van der Waals surface area contributed by atoms with Crippen LogP contribution in [0.1, 0.15) is 20.7 Å². The number of fused-ring (bicyclic) bond motifs is 2. The van der Waals surface area contributed by atoms with E-state index in [4.69, 9.17) is 0 Å². The Hall–Kier alpha value is -3.28. The molecule has 0 radical (unpaired) electrons. The molecule has 0 bridgehead atoms. The van der Waals surface area contributed by atoms with Crippen LogP contribution in [0.2, 0.25) is 0 Å². The van der Waals surface area contributed by atoms with Crippen LogP contribution in [-0.4, -0.2) is 37.8 Å². The number of aromatic nitrogens is 3. The van der Waals surface area contributed by atoms with Gasteiger partial charge in [-0.25, -0.2) is 9.97 Å². The predicted octanol–water partition coefficient (Wildman–Crippen LogP) is 2.28. The van der Waals surface area contributed by atoms with Crippen molar-refractivity contribution >= 4 is 23.0 Å². The summed E-state index contributed by atoms with van der Waals surface area (Å²) in [4.78, 5) is 34.3. The van der Waals surface area contributed by atoms with Gasteiger partial charge in [0.1, 0.15) is 5.52 Å². The van der Waals surface area contributed by atoms with Crippen LogP contribution in [0.4, 0.5) is 0 Å². The zero-order valence-electron chi connectivity index (χ0n) is 12.8. The lowest BCUT2D eigenvalue weighted by atomic mass is 10.1. The van der Waals surface area contributed by atoms with Gasteiger partial charge in [-0.2, -0.15) is 0 Å². The number of benzene rings is 1. The Morgan fingerprint density at radius 3 is 2.33 bits per heavy atom. The summed E-state index contributed by atoms with van der Waals surface area (Å²) in [5, 5.41) is 0. The van der Waals surface area contributed by atoms with Gasteiger partial charge in [-0.15, -0.1) is 0 Å². The van der Waals surface area contributed by atoms with E-state index >= 15 is 0 Å². The number of imide groups is 1. The number of pyridine rings is 1. The van der Waals surface area contributed by atoms with Gasteiger partial charge in [-0.1, -0.05) is 24.3 Å². The van der Waals surface area contributed by atoms with Crippen molar-refractivity contribution in [1.29, 1.82) is 0 Å². The Labute approximate surface area is 138 Å². The van der Waals surface area contributed by atoms with E-state index in [1.165, 1.54) is 4.90 Å². The van der Waals surface area contributed by atoms with Crippen LogP contribution in [0.3, 0.4) is 0 Å². The lowest BCUT2D eigenvalue weighted by molar-refractivity contribution is 0.0672. The summed E-state index contributed by atoms with van der Waals surface area (Å²) in [6, 6.07) is 10.6. The second-order valence-corrected chi connectivity index (χ2v) is 5.48. The number of allylic oxidation sites excluding steroid dienone is 1. The third-order valence-electron chi connectivity index (χ3n) is 4.01. The first kappa shape index (κ1) is 14.3. The van der Waals surface area contributed by atoms with Gasteiger partial charge >= 0.3 is 0 Å². The molecule has 1 aliphatic rings. The Kier molecular flexibility index (Phi) is 3.42. The fourth-order valence-electron chi connectivity index (χ4n) is 2.80. The molecule has 4 rings (SSSR count). The van der Waals surface area contributed by atoms with Crippen molar-refractivity contribution in [3.63, 3.8) is 0 Å². The highest BCUT2D eigenvalue weighted by molar-refractivity contribution is 6.21. The zero-order chi connectivity index (χ0) is 16.5. The van der Waals surface area contributed by atoms with Gasteiger partial charge < -0.3 is 4.57 Å². The van der Waals surface area contributed by atoms with Crippen molar-refractivity contribution in [1.82, 2.24) is 19.4 Å². The number of imidazole rings is 1. The van der Waals surface area contributed by atoms with E-state index < -0.39 is 0 Å². The van der Waals surface area contributed by atoms with Crippen molar-refractivity contribution in [3.05, 3.63) is 72.2 Å². The summed E-state index contributed by atoms with van der Waals surface area (Å²) in [5.74, 6) is -0.481. The van der Waals surface area contributed by atoms with E-state index in [2.05, 4.69) is 9.97 Å². The maximum absolute atomic E-state index is 12.3. The van der Waals surface area contributed by atoms with Gasteiger partial charge in [0.25, 0.3) is 11.8 Å². The topological polar surface area (TPSA) is 68.1 Å². The van der Waals surface area contributed by atoms with E-state index in [-0.39, 0.29) is 18.4 Å². The summed E-state index contributed by atoms with van der Waals surface area (Å²) in [6.07, 6.45) is 7.17. The lowest BCUT2D eigenvalue weighted by Crippen LogP contribution is -2.29. The molecule has 2 aromatic heterocycles. The second kappa shape index (κ2) is 5.73. The molecule has 2 amide bonds. The molecule has 118 valence electrons. The first-order chi connectivity index (χ1) is 11.8. The summed E-state index contributed by atoms with van der Waals surface area (Å²) in [7, 11) is 0. The number of rotatable bonds is 4. The predicted molar refractivity (Wildman–Crippen MR) is 88.5 cm³/mol. The van der Waals surface area contributed by atoms with E-state index in [9.17, 15) is 9.59 Å². The molecule has 0 spiro atoms. The van der Waals surface area contributed by atoms with Crippen molar-refractivity contribution in [3.8, 4) is 0 Å². The highest BCUT2D eigenvalue weighted by Crippen LogP contribution is 2.22. The van der Waals surface area contributed by atoms with Crippen molar-refractivity contribution in [2.24, 2.45) is 0 Å².